The topological polar surface area (TPSA) is 109 Å². The minimum absolute atomic E-state index is 0.240. The van der Waals surface area contributed by atoms with Crippen LogP contribution < -0.4 is 5.32 Å². The number of carbonyl (C=O) groups is 2. The highest BCUT2D eigenvalue weighted by molar-refractivity contribution is 6.06. The summed E-state index contributed by atoms with van der Waals surface area (Å²) in [6.07, 6.45) is 2.91. The van der Waals surface area contributed by atoms with E-state index in [9.17, 15) is 9.59 Å². The number of nitrogens with one attached hydrogen (secondary N) is 1. The fourth-order valence-corrected chi connectivity index (χ4v) is 3.32. The number of carbonyl (C=O) groups excluding carboxylic acids is 2. The Kier molecular flexibility index (Phi) is 3.44. The highest BCUT2D eigenvalue weighted by Gasteiger charge is 2.35. The van der Waals surface area contributed by atoms with E-state index in [0.29, 0.717) is 33.6 Å². The maximum atomic E-state index is 12.6. The lowest BCUT2D eigenvalue weighted by Gasteiger charge is -2.10. The molecule has 0 saturated carbocycles. The molecule has 3 aromatic rings. The third kappa shape index (κ3) is 2.14. The van der Waals surface area contributed by atoms with E-state index < -0.39 is 11.9 Å². The standard InChI is InChI=1S/C18H13N5O3/c1-9-12(18(25)26-2)7-23-16(9)15(20-8-21-23)14-11-4-3-10(6-19)5-13(11)22-17(14)24/h3-5,7-8,14H,1-2H3,(H,22,24). The van der Waals surface area contributed by atoms with Crippen molar-refractivity contribution in [3.05, 3.63) is 58.7 Å². The van der Waals surface area contributed by atoms with E-state index in [1.165, 1.54) is 18.0 Å². The number of nitrogens with zero attached hydrogens (tertiary/aromatic N) is 4. The number of benzene rings is 1. The fraction of sp³-hybridized carbons (Fsp3) is 0.167. The highest BCUT2D eigenvalue weighted by atomic mass is 16.5. The molecule has 2 aromatic heterocycles. The van der Waals surface area contributed by atoms with Gasteiger partial charge in [-0.1, -0.05) is 6.07 Å². The summed E-state index contributed by atoms with van der Waals surface area (Å²) in [6.45, 7) is 1.76. The Balaban J connectivity index is 1.94. The Labute approximate surface area is 148 Å². The van der Waals surface area contributed by atoms with E-state index in [1.54, 1.807) is 31.3 Å². The van der Waals surface area contributed by atoms with Gasteiger partial charge in [-0.25, -0.2) is 14.3 Å². The van der Waals surface area contributed by atoms with Crippen molar-refractivity contribution in [2.24, 2.45) is 0 Å². The van der Waals surface area contributed by atoms with Gasteiger partial charge in [0, 0.05) is 11.9 Å². The van der Waals surface area contributed by atoms with Crippen molar-refractivity contribution in [1.29, 1.82) is 5.26 Å². The second-order valence-corrected chi connectivity index (χ2v) is 5.93. The van der Waals surface area contributed by atoms with E-state index >= 15 is 0 Å². The molecule has 1 atom stereocenters. The number of ether oxygens (including phenoxy) is 1. The van der Waals surface area contributed by atoms with Crippen LogP contribution in [0.15, 0.2) is 30.7 Å². The third-order valence-electron chi connectivity index (χ3n) is 4.55. The van der Waals surface area contributed by atoms with Gasteiger partial charge in [-0.2, -0.15) is 10.4 Å². The van der Waals surface area contributed by atoms with Crippen LogP contribution in [0.3, 0.4) is 0 Å². The van der Waals surface area contributed by atoms with Crippen molar-refractivity contribution in [1.82, 2.24) is 14.6 Å². The molecule has 0 aliphatic carbocycles. The smallest absolute Gasteiger partial charge is 0.339 e. The Hall–Kier alpha value is -3.73. The van der Waals surface area contributed by atoms with Crippen LogP contribution in [0.4, 0.5) is 5.69 Å². The average Bonchev–Trinajstić information content (AvgIpc) is 3.16. The van der Waals surface area contributed by atoms with Gasteiger partial charge in [0.15, 0.2) is 0 Å². The molecule has 128 valence electrons. The quantitative estimate of drug-likeness (QED) is 0.708. The van der Waals surface area contributed by atoms with E-state index in [-0.39, 0.29) is 5.91 Å². The number of nitriles is 1. The maximum Gasteiger partial charge on any atom is 0.339 e. The van der Waals surface area contributed by atoms with E-state index in [2.05, 4.69) is 21.5 Å². The van der Waals surface area contributed by atoms with Crippen molar-refractivity contribution in [2.75, 3.05) is 12.4 Å². The van der Waals surface area contributed by atoms with E-state index in [4.69, 9.17) is 10.00 Å². The highest BCUT2D eigenvalue weighted by Crippen LogP contribution is 2.39. The Morgan fingerprint density at radius 2 is 2.23 bits per heavy atom. The van der Waals surface area contributed by atoms with Gasteiger partial charge >= 0.3 is 5.97 Å². The molecule has 1 unspecified atom stereocenters. The van der Waals surface area contributed by atoms with Crippen LogP contribution >= 0.6 is 0 Å². The molecule has 0 saturated heterocycles. The molecule has 1 N–H and O–H groups in total. The molecule has 8 heteroatoms. The zero-order chi connectivity index (χ0) is 18.4. The normalized spacial score (nSPS) is 15.4. The summed E-state index contributed by atoms with van der Waals surface area (Å²) in [6, 6.07) is 7.10. The molecule has 1 aromatic carbocycles. The van der Waals surface area contributed by atoms with Crippen LogP contribution in [0.25, 0.3) is 5.52 Å². The predicted octanol–water partition coefficient (Wildman–Crippen LogP) is 1.78. The summed E-state index contributed by atoms with van der Waals surface area (Å²) in [5.41, 5.74) is 3.88. The molecule has 26 heavy (non-hydrogen) atoms. The second kappa shape index (κ2) is 5.67. The van der Waals surface area contributed by atoms with Crippen molar-refractivity contribution >= 4 is 23.1 Å². The minimum Gasteiger partial charge on any atom is -0.465 e. The molecule has 4 rings (SSSR count). The van der Waals surface area contributed by atoms with Crippen LogP contribution in [0, 0.1) is 18.3 Å². The first-order valence-corrected chi connectivity index (χ1v) is 7.81. The summed E-state index contributed by atoms with van der Waals surface area (Å²) in [5, 5.41) is 16.0. The summed E-state index contributed by atoms with van der Waals surface area (Å²) >= 11 is 0. The molecule has 0 bridgehead atoms. The average molecular weight is 347 g/mol. The molecule has 3 heterocycles. The van der Waals surface area contributed by atoms with Gasteiger partial charge in [0.1, 0.15) is 12.2 Å². The maximum absolute atomic E-state index is 12.6. The summed E-state index contributed by atoms with van der Waals surface area (Å²) in [5.74, 6) is -1.37. The number of rotatable bonds is 2. The SMILES string of the molecule is COC(=O)c1cn2ncnc(C3C(=O)Nc4cc(C#N)ccc43)c2c1C. The number of hydrogen-bond donors (Lipinski definition) is 1. The lowest BCUT2D eigenvalue weighted by molar-refractivity contribution is -0.116. The van der Waals surface area contributed by atoms with Gasteiger partial charge in [0.2, 0.25) is 5.91 Å². The van der Waals surface area contributed by atoms with Crippen molar-refractivity contribution in [2.45, 2.75) is 12.8 Å². The van der Waals surface area contributed by atoms with Gasteiger partial charge in [-0.05, 0) is 30.2 Å². The van der Waals surface area contributed by atoms with Crippen molar-refractivity contribution < 1.29 is 14.3 Å². The van der Waals surface area contributed by atoms with E-state index in [1.807, 2.05) is 0 Å². The number of methoxy groups -OCH3 is 1. The number of anilines is 1. The Morgan fingerprint density at radius 1 is 1.42 bits per heavy atom. The molecule has 1 aliphatic rings. The summed E-state index contributed by atoms with van der Waals surface area (Å²) in [7, 11) is 1.31. The second-order valence-electron chi connectivity index (χ2n) is 5.93. The zero-order valence-electron chi connectivity index (χ0n) is 14.0. The Morgan fingerprint density at radius 3 is 2.96 bits per heavy atom. The minimum atomic E-state index is -0.651. The number of aryl methyl sites for hydroxylation is 1. The molecule has 8 nitrogen and oxygen atoms in total. The van der Waals surface area contributed by atoms with Gasteiger partial charge in [0.25, 0.3) is 0 Å². The predicted molar refractivity (Wildman–Crippen MR) is 90.7 cm³/mol. The number of hydrogen-bond acceptors (Lipinski definition) is 6. The first kappa shape index (κ1) is 15.8. The molecule has 1 aliphatic heterocycles. The molecule has 0 fully saturated rings. The lowest BCUT2D eigenvalue weighted by atomic mass is 9.94. The van der Waals surface area contributed by atoms with Gasteiger partial charge in [0.05, 0.1) is 35.5 Å². The van der Waals surface area contributed by atoms with Crippen molar-refractivity contribution in [3.8, 4) is 6.07 Å². The largest absolute Gasteiger partial charge is 0.465 e. The van der Waals surface area contributed by atoms with Gasteiger partial charge < -0.3 is 10.1 Å². The molecule has 0 radical (unpaired) electrons. The van der Waals surface area contributed by atoms with E-state index in [0.717, 1.165) is 5.56 Å². The summed E-state index contributed by atoms with van der Waals surface area (Å²) in [4.78, 5) is 28.9. The lowest BCUT2D eigenvalue weighted by Crippen LogP contribution is -2.16. The third-order valence-corrected chi connectivity index (χ3v) is 4.55. The monoisotopic (exact) mass is 347 g/mol. The van der Waals surface area contributed by atoms with Crippen LogP contribution in [0.1, 0.15) is 38.7 Å². The first-order chi connectivity index (χ1) is 12.5. The molecular formula is C18H13N5O3. The van der Waals surface area contributed by atoms with Gasteiger partial charge in [-0.3, -0.25) is 4.79 Å². The van der Waals surface area contributed by atoms with Crippen LogP contribution in [0.5, 0.6) is 0 Å². The molecular weight excluding hydrogens is 334 g/mol. The van der Waals surface area contributed by atoms with Gasteiger partial charge in [-0.15, -0.1) is 0 Å². The number of esters is 1. The van der Waals surface area contributed by atoms with Crippen LogP contribution in [-0.4, -0.2) is 33.6 Å². The number of aromatic nitrogens is 3. The number of fused-ring (bicyclic) bond motifs is 2. The van der Waals surface area contributed by atoms with Crippen LogP contribution in [-0.2, 0) is 9.53 Å². The molecule has 0 spiro atoms. The Bertz CT molecular complexity index is 1130. The molecule has 1 amide bonds. The van der Waals surface area contributed by atoms with Crippen LogP contribution in [0.2, 0.25) is 0 Å². The summed E-state index contributed by atoms with van der Waals surface area (Å²) < 4.78 is 6.33. The fourth-order valence-electron chi connectivity index (χ4n) is 3.32. The number of amides is 1. The first-order valence-electron chi connectivity index (χ1n) is 7.81. The van der Waals surface area contributed by atoms with Crippen molar-refractivity contribution in [3.63, 3.8) is 0 Å². The zero-order valence-corrected chi connectivity index (χ0v) is 14.0.